The lowest BCUT2D eigenvalue weighted by Gasteiger charge is -2.26. The normalized spacial score (nSPS) is 15.9. The number of rotatable bonds is 2. The summed E-state index contributed by atoms with van der Waals surface area (Å²) in [5.74, 6) is -1.13. The molecule has 5 heteroatoms. The molecule has 15 heavy (non-hydrogen) atoms. The van der Waals surface area contributed by atoms with Crippen LogP contribution < -0.4 is 5.32 Å². The Labute approximate surface area is 91.7 Å². The van der Waals surface area contributed by atoms with Gasteiger partial charge < -0.3 is 5.32 Å². The summed E-state index contributed by atoms with van der Waals surface area (Å²) < 4.78 is 13.2. The zero-order valence-electron chi connectivity index (χ0n) is 7.96. The Hall–Kier alpha value is -1.16. The van der Waals surface area contributed by atoms with Crippen LogP contribution >= 0.6 is 11.6 Å². The maximum Gasteiger partial charge on any atom is 0.273 e. The molecule has 1 aromatic heterocycles. The van der Waals surface area contributed by atoms with Gasteiger partial charge in [0.05, 0.1) is 0 Å². The molecule has 0 saturated heterocycles. The second-order valence-electron chi connectivity index (χ2n) is 3.57. The second kappa shape index (κ2) is 4.14. The maximum atomic E-state index is 13.2. The summed E-state index contributed by atoms with van der Waals surface area (Å²) in [7, 11) is 0. The molecule has 0 atom stereocenters. The number of hydrogen-bond acceptors (Lipinski definition) is 2. The van der Waals surface area contributed by atoms with Crippen molar-refractivity contribution in [3.8, 4) is 0 Å². The minimum atomic E-state index is -0.642. The van der Waals surface area contributed by atoms with E-state index in [4.69, 9.17) is 11.6 Å². The van der Waals surface area contributed by atoms with E-state index in [0.717, 1.165) is 25.3 Å². The average molecular weight is 229 g/mol. The number of carbonyl (C=O) groups is 1. The fraction of sp³-hybridized carbons (Fsp3) is 0.400. The van der Waals surface area contributed by atoms with E-state index in [-0.39, 0.29) is 16.9 Å². The molecule has 1 fully saturated rings. The number of nitrogens with zero attached hydrogens (tertiary/aromatic N) is 1. The van der Waals surface area contributed by atoms with E-state index in [2.05, 4.69) is 10.3 Å². The van der Waals surface area contributed by atoms with Gasteiger partial charge in [0.2, 0.25) is 0 Å². The third-order valence-electron chi connectivity index (χ3n) is 2.47. The van der Waals surface area contributed by atoms with Crippen LogP contribution in [0.4, 0.5) is 4.39 Å². The maximum absolute atomic E-state index is 13.2. The predicted octanol–water partition coefficient (Wildman–Crippen LogP) is 2.16. The lowest BCUT2D eigenvalue weighted by atomic mass is 9.93. The highest BCUT2D eigenvalue weighted by atomic mass is 35.5. The van der Waals surface area contributed by atoms with Gasteiger partial charge in [0.25, 0.3) is 5.91 Å². The SMILES string of the molecule is O=C(NC1CCC1)c1nc(Cl)ccc1F. The third-order valence-corrected chi connectivity index (χ3v) is 2.68. The summed E-state index contributed by atoms with van der Waals surface area (Å²) in [5.41, 5.74) is -0.227. The van der Waals surface area contributed by atoms with Crippen molar-refractivity contribution >= 4 is 17.5 Å². The van der Waals surface area contributed by atoms with Crippen LogP contribution in [0.1, 0.15) is 29.8 Å². The number of halogens is 2. The molecule has 1 aliphatic rings. The highest BCUT2D eigenvalue weighted by Gasteiger charge is 2.22. The van der Waals surface area contributed by atoms with Crippen LogP contribution in [0.3, 0.4) is 0 Å². The number of hydrogen-bond donors (Lipinski definition) is 1. The fourth-order valence-corrected chi connectivity index (χ4v) is 1.53. The van der Waals surface area contributed by atoms with E-state index in [0.29, 0.717) is 0 Å². The molecule has 0 bridgehead atoms. The van der Waals surface area contributed by atoms with Gasteiger partial charge in [-0.05, 0) is 31.4 Å². The molecule has 0 aliphatic heterocycles. The van der Waals surface area contributed by atoms with Gasteiger partial charge in [-0.15, -0.1) is 0 Å². The van der Waals surface area contributed by atoms with E-state index in [1.54, 1.807) is 0 Å². The summed E-state index contributed by atoms with van der Waals surface area (Å²) >= 11 is 5.59. The van der Waals surface area contributed by atoms with Gasteiger partial charge in [-0.1, -0.05) is 11.6 Å². The van der Waals surface area contributed by atoms with E-state index in [1.807, 2.05) is 0 Å². The molecule has 0 unspecified atom stereocenters. The van der Waals surface area contributed by atoms with Crippen molar-refractivity contribution in [3.63, 3.8) is 0 Å². The van der Waals surface area contributed by atoms with Crippen LogP contribution in [0.25, 0.3) is 0 Å². The van der Waals surface area contributed by atoms with Crippen LogP contribution in [0.5, 0.6) is 0 Å². The van der Waals surface area contributed by atoms with Crippen molar-refractivity contribution in [3.05, 3.63) is 28.8 Å². The van der Waals surface area contributed by atoms with Crippen molar-refractivity contribution in [2.45, 2.75) is 25.3 Å². The largest absolute Gasteiger partial charge is 0.348 e. The Morgan fingerprint density at radius 2 is 2.27 bits per heavy atom. The van der Waals surface area contributed by atoms with E-state index in [1.165, 1.54) is 6.07 Å². The van der Waals surface area contributed by atoms with Crippen LogP contribution in [-0.2, 0) is 0 Å². The second-order valence-corrected chi connectivity index (χ2v) is 3.95. The molecule has 1 heterocycles. The van der Waals surface area contributed by atoms with Gasteiger partial charge in [0.1, 0.15) is 5.15 Å². The molecule has 0 spiro atoms. The molecule has 2 rings (SSSR count). The molecule has 0 radical (unpaired) electrons. The first-order chi connectivity index (χ1) is 7.16. The van der Waals surface area contributed by atoms with Gasteiger partial charge in [-0.25, -0.2) is 9.37 Å². The van der Waals surface area contributed by atoms with Crippen molar-refractivity contribution < 1.29 is 9.18 Å². The van der Waals surface area contributed by atoms with Crippen molar-refractivity contribution in [2.24, 2.45) is 0 Å². The first kappa shape index (κ1) is 10.4. The lowest BCUT2D eigenvalue weighted by Crippen LogP contribution is -2.40. The molecule has 3 nitrogen and oxygen atoms in total. The van der Waals surface area contributed by atoms with Gasteiger partial charge >= 0.3 is 0 Å². The summed E-state index contributed by atoms with van der Waals surface area (Å²) in [6, 6.07) is 2.62. The minimum absolute atomic E-state index is 0.121. The Kier molecular flexibility index (Phi) is 2.86. The molecule has 1 amide bonds. The zero-order valence-corrected chi connectivity index (χ0v) is 8.72. The first-order valence-electron chi connectivity index (χ1n) is 4.80. The number of pyridine rings is 1. The van der Waals surface area contributed by atoms with Gasteiger partial charge in [-0.2, -0.15) is 0 Å². The number of amides is 1. The molecule has 1 N–H and O–H groups in total. The van der Waals surface area contributed by atoms with E-state index in [9.17, 15) is 9.18 Å². The lowest BCUT2D eigenvalue weighted by molar-refractivity contribution is 0.0907. The Balaban J connectivity index is 2.12. The molecule has 0 aromatic carbocycles. The van der Waals surface area contributed by atoms with Crippen molar-refractivity contribution in [1.29, 1.82) is 0 Å². The molecule has 1 saturated carbocycles. The molecular formula is C10H10ClFN2O. The summed E-state index contributed by atoms with van der Waals surface area (Å²) in [6.07, 6.45) is 3.01. The van der Waals surface area contributed by atoms with Crippen molar-refractivity contribution in [2.75, 3.05) is 0 Å². The van der Waals surface area contributed by atoms with E-state index >= 15 is 0 Å². The standard InChI is InChI=1S/C10H10ClFN2O/c11-8-5-4-7(12)9(14-8)10(15)13-6-2-1-3-6/h4-6H,1-3H2,(H,13,15). The molecule has 1 aliphatic carbocycles. The van der Waals surface area contributed by atoms with Crippen LogP contribution in [-0.4, -0.2) is 16.9 Å². The number of carbonyl (C=O) groups excluding carboxylic acids is 1. The molecular weight excluding hydrogens is 219 g/mol. The van der Waals surface area contributed by atoms with Gasteiger partial charge in [0.15, 0.2) is 11.5 Å². The third kappa shape index (κ3) is 2.26. The minimum Gasteiger partial charge on any atom is -0.348 e. The van der Waals surface area contributed by atoms with Crippen LogP contribution in [0, 0.1) is 5.82 Å². The van der Waals surface area contributed by atoms with Crippen molar-refractivity contribution in [1.82, 2.24) is 10.3 Å². The molecule has 80 valence electrons. The quantitative estimate of drug-likeness (QED) is 0.789. The van der Waals surface area contributed by atoms with Crippen LogP contribution in [0.15, 0.2) is 12.1 Å². The fourth-order valence-electron chi connectivity index (χ4n) is 1.38. The van der Waals surface area contributed by atoms with E-state index < -0.39 is 11.7 Å². The smallest absolute Gasteiger partial charge is 0.273 e. The monoisotopic (exact) mass is 228 g/mol. The van der Waals surface area contributed by atoms with Crippen LogP contribution in [0.2, 0.25) is 5.15 Å². The first-order valence-corrected chi connectivity index (χ1v) is 5.17. The topological polar surface area (TPSA) is 42.0 Å². The van der Waals surface area contributed by atoms with Gasteiger partial charge in [0, 0.05) is 6.04 Å². The number of nitrogens with one attached hydrogen (secondary N) is 1. The summed E-state index contributed by atoms with van der Waals surface area (Å²) in [4.78, 5) is 15.2. The summed E-state index contributed by atoms with van der Waals surface area (Å²) in [5, 5.41) is 2.82. The Bertz CT molecular complexity index is 393. The highest BCUT2D eigenvalue weighted by molar-refractivity contribution is 6.29. The predicted molar refractivity (Wildman–Crippen MR) is 54.3 cm³/mol. The number of aromatic nitrogens is 1. The average Bonchev–Trinajstić information content (AvgIpc) is 2.15. The Morgan fingerprint density at radius 3 is 2.87 bits per heavy atom. The highest BCUT2D eigenvalue weighted by Crippen LogP contribution is 2.19. The molecule has 1 aromatic rings. The summed E-state index contributed by atoms with van der Waals surface area (Å²) in [6.45, 7) is 0. The van der Waals surface area contributed by atoms with Gasteiger partial charge in [-0.3, -0.25) is 4.79 Å². The Morgan fingerprint density at radius 1 is 1.53 bits per heavy atom. The zero-order chi connectivity index (χ0) is 10.8.